The second-order valence-corrected chi connectivity index (χ2v) is 9.84. The first-order valence-electron chi connectivity index (χ1n) is 11.7. The lowest BCUT2D eigenvalue weighted by Gasteiger charge is -2.12. The number of halogens is 2. The minimum Gasteiger partial charge on any atom is -0.489 e. The molecule has 0 saturated heterocycles. The highest BCUT2D eigenvalue weighted by molar-refractivity contribution is 6.39. The van der Waals surface area contributed by atoms with E-state index in [1.807, 2.05) is 56.3 Å². The Morgan fingerprint density at radius 1 is 0.919 bits per heavy atom. The molecule has 4 aromatic carbocycles. The standard InChI is InChI=1S/C30H23Cl2NO4/c1-17(2)29-24(28(33-37-29)27-25(31)7-4-8-26(27)32)16-36-23-12-11-18-9-10-20(14-22(18)15-23)19-5-3-6-21(13-19)30(34)35/h3-15,17H,16H2,1-2H3,(H,34,35). The summed E-state index contributed by atoms with van der Waals surface area (Å²) >= 11 is 12.9. The minimum absolute atomic E-state index is 0.0850. The lowest BCUT2D eigenvalue weighted by molar-refractivity contribution is 0.0697. The van der Waals surface area contributed by atoms with Gasteiger partial charge < -0.3 is 14.4 Å². The van der Waals surface area contributed by atoms with Crippen molar-refractivity contribution in [3.05, 3.63) is 106 Å². The number of benzene rings is 4. The van der Waals surface area contributed by atoms with Crippen molar-refractivity contribution in [3.8, 4) is 28.1 Å². The zero-order valence-electron chi connectivity index (χ0n) is 20.2. The summed E-state index contributed by atoms with van der Waals surface area (Å²) in [6.45, 7) is 4.28. The molecule has 5 rings (SSSR count). The Morgan fingerprint density at radius 3 is 2.35 bits per heavy atom. The molecule has 0 radical (unpaired) electrons. The number of carboxylic acid groups (broad SMARTS) is 1. The zero-order valence-corrected chi connectivity index (χ0v) is 21.7. The molecule has 37 heavy (non-hydrogen) atoms. The maximum Gasteiger partial charge on any atom is 0.335 e. The molecular weight excluding hydrogens is 509 g/mol. The molecule has 0 unspecified atom stereocenters. The fourth-order valence-corrected chi connectivity index (χ4v) is 4.89. The van der Waals surface area contributed by atoms with Gasteiger partial charge in [0.2, 0.25) is 0 Å². The quantitative estimate of drug-likeness (QED) is 0.227. The van der Waals surface area contributed by atoms with Gasteiger partial charge in [0.25, 0.3) is 0 Å². The van der Waals surface area contributed by atoms with Crippen molar-refractivity contribution >= 4 is 39.9 Å². The first-order chi connectivity index (χ1) is 17.8. The van der Waals surface area contributed by atoms with Crippen molar-refractivity contribution in [2.45, 2.75) is 26.4 Å². The third kappa shape index (κ3) is 5.06. The van der Waals surface area contributed by atoms with Gasteiger partial charge in [0.05, 0.1) is 21.2 Å². The number of hydrogen-bond acceptors (Lipinski definition) is 4. The van der Waals surface area contributed by atoms with Gasteiger partial charge in [-0.15, -0.1) is 0 Å². The highest BCUT2D eigenvalue weighted by Gasteiger charge is 2.23. The molecule has 0 aliphatic carbocycles. The number of carboxylic acids is 1. The van der Waals surface area contributed by atoms with Crippen LogP contribution in [-0.4, -0.2) is 16.2 Å². The topological polar surface area (TPSA) is 72.6 Å². The predicted molar refractivity (Wildman–Crippen MR) is 147 cm³/mol. The molecule has 0 spiro atoms. The molecule has 7 heteroatoms. The summed E-state index contributed by atoms with van der Waals surface area (Å²) in [6, 6.07) is 24.1. The van der Waals surface area contributed by atoms with Gasteiger partial charge in [0, 0.05) is 11.5 Å². The predicted octanol–water partition coefficient (Wildman–Crippen LogP) is 8.87. The van der Waals surface area contributed by atoms with Crippen LogP contribution in [0.25, 0.3) is 33.2 Å². The molecule has 5 aromatic rings. The van der Waals surface area contributed by atoms with E-state index < -0.39 is 5.97 Å². The van der Waals surface area contributed by atoms with Crippen LogP contribution in [0.5, 0.6) is 5.75 Å². The third-order valence-corrected chi connectivity index (χ3v) is 6.81. The molecule has 0 bridgehead atoms. The Kier molecular flexibility index (Phi) is 6.92. The number of carbonyl (C=O) groups is 1. The Balaban J connectivity index is 1.47. The van der Waals surface area contributed by atoms with Crippen LogP contribution in [0, 0.1) is 0 Å². The van der Waals surface area contributed by atoms with E-state index in [-0.39, 0.29) is 18.1 Å². The number of aromatic nitrogens is 1. The zero-order chi connectivity index (χ0) is 26.1. The maximum absolute atomic E-state index is 11.4. The van der Waals surface area contributed by atoms with Crippen molar-refractivity contribution in [1.82, 2.24) is 5.16 Å². The molecule has 0 aliphatic rings. The van der Waals surface area contributed by atoms with E-state index >= 15 is 0 Å². The average Bonchev–Trinajstić information content (AvgIpc) is 3.30. The van der Waals surface area contributed by atoms with Gasteiger partial charge in [0.15, 0.2) is 0 Å². The second kappa shape index (κ2) is 10.3. The van der Waals surface area contributed by atoms with Gasteiger partial charge in [-0.1, -0.05) is 78.6 Å². The Labute approximate surface area is 224 Å². The Bertz CT molecular complexity index is 1600. The summed E-state index contributed by atoms with van der Waals surface area (Å²) < 4.78 is 11.9. The first-order valence-corrected chi connectivity index (χ1v) is 12.5. The number of rotatable bonds is 7. The second-order valence-electron chi connectivity index (χ2n) is 9.02. The van der Waals surface area contributed by atoms with Gasteiger partial charge >= 0.3 is 5.97 Å². The van der Waals surface area contributed by atoms with E-state index in [0.717, 1.165) is 27.5 Å². The smallest absolute Gasteiger partial charge is 0.335 e. The lowest BCUT2D eigenvalue weighted by atomic mass is 9.99. The Hall–Kier alpha value is -3.80. The molecule has 1 heterocycles. The first kappa shape index (κ1) is 24.9. The molecule has 1 N–H and O–H groups in total. The molecule has 0 fully saturated rings. The summed E-state index contributed by atoms with van der Waals surface area (Å²) in [7, 11) is 0. The number of hydrogen-bond donors (Lipinski definition) is 1. The summed E-state index contributed by atoms with van der Waals surface area (Å²) in [5.74, 6) is 0.524. The number of aromatic carboxylic acids is 1. The SMILES string of the molecule is CC(C)c1onc(-c2c(Cl)cccc2Cl)c1COc1ccc2ccc(-c3cccc(C(=O)O)c3)cc2c1. The third-order valence-electron chi connectivity index (χ3n) is 6.18. The molecule has 0 atom stereocenters. The van der Waals surface area contributed by atoms with Crippen molar-refractivity contribution < 1.29 is 19.2 Å². The summed E-state index contributed by atoms with van der Waals surface area (Å²) in [6.07, 6.45) is 0. The normalized spacial score (nSPS) is 11.3. The van der Waals surface area contributed by atoms with E-state index in [9.17, 15) is 9.90 Å². The summed E-state index contributed by atoms with van der Waals surface area (Å²) in [5.41, 5.74) is 3.99. The van der Waals surface area contributed by atoms with Gasteiger partial charge in [0.1, 0.15) is 23.8 Å². The lowest BCUT2D eigenvalue weighted by Crippen LogP contribution is -2.01. The molecular formula is C30H23Cl2NO4. The van der Waals surface area contributed by atoms with Crippen LogP contribution >= 0.6 is 23.2 Å². The van der Waals surface area contributed by atoms with Crippen LogP contribution in [0.3, 0.4) is 0 Å². The molecule has 5 nitrogen and oxygen atoms in total. The fraction of sp³-hybridized carbons (Fsp3) is 0.133. The van der Waals surface area contributed by atoms with Crippen LogP contribution in [-0.2, 0) is 6.61 Å². The molecule has 1 aromatic heterocycles. The number of fused-ring (bicyclic) bond motifs is 1. The largest absolute Gasteiger partial charge is 0.489 e. The highest BCUT2D eigenvalue weighted by Crippen LogP contribution is 2.39. The van der Waals surface area contributed by atoms with E-state index in [4.69, 9.17) is 32.5 Å². The van der Waals surface area contributed by atoms with Crippen LogP contribution in [0.4, 0.5) is 0 Å². The summed E-state index contributed by atoms with van der Waals surface area (Å²) in [5, 5.41) is 16.6. The number of ether oxygens (including phenoxy) is 1. The number of nitrogens with zero attached hydrogens (tertiary/aromatic N) is 1. The highest BCUT2D eigenvalue weighted by atomic mass is 35.5. The minimum atomic E-state index is -0.953. The van der Waals surface area contributed by atoms with Gasteiger partial charge in [-0.25, -0.2) is 4.79 Å². The Morgan fingerprint density at radius 2 is 1.62 bits per heavy atom. The molecule has 186 valence electrons. The average molecular weight is 532 g/mol. The van der Waals surface area contributed by atoms with Gasteiger partial charge in [-0.3, -0.25) is 0 Å². The molecule has 0 amide bonds. The summed E-state index contributed by atoms with van der Waals surface area (Å²) in [4.78, 5) is 11.4. The molecule has 0 saturated carbocycles. The van der Waals surface area contributed by atoms with Gasteiger partial charge in [-0.05, 0) is 64.4 Å². The van der Waals surface area contributed by atoms with Crippen molar-refractivity contribution in [2.24, 2.45) is 0 Å². The van der Waals surface area contributed by atoms with E-state index in [1.54, 1.807) is 36.4 Å². The van der Waals surface area contributed by atoms with Crippen molar-refractivity contribution in [3.63, 3.8) is 0 Å². The van der Waals surface area contributed by atoms with E-state index in [2.05, 4.69) is 5.16 Å². The van der Waals surface area contributed by atoms with E-state index in [0.29, 0.717) is 32.8 Å². The van der Waals surface area contributed by atoms with Crippen LogP contribution < -0.4 is 4.74 Å². The van der Waals surface area contributed by atoms with Crippen LogP contribution in [0.15, 0.2) is 83.4 Å². The van der Waals surface area contributed by atoms with Crippen LogP contribution in [0.1, 0.15) is 41.4 Å². The fourth-order valence-electron chi connectivity index (χ4n) is 4.32. The van der Waals surface area contributed by atoms with Gasteiger partial charge in [-0.2, -0.15) is 0 Å². The van der Waals surface area contributed by atoms with E-state index in [1.165, 1.54) is 0 Å². The van der Waals surface area contributed by atoms with Crippen molar-refractivity contribution in [2.75, 3.05) is 0 Å². The maximum atomic E-state index is 11.4. The van der Waals surface area contributed by atoms with Crippen LogP contribution in [0.2, 0.25) is 10.0 Å². The van der Waals surface area contributed by atoms with Crippen molar-refractivity contribution in [1.29, 1.82) is 0 Å². The molecule has 0 aliphatic heterocycles. The monoisotopic (exact) mass is 531 g/mol.